The summed E-state index contributed by atoms with van der Waals surface area (Å²) in [5.74, 6) is 0.834. The monoisotopic (exact) mass is 370 g/mol. The minimum atomic E-state index is -0.163. The lowest BCUT2D eigenvalue weighted by Gasteiger charge is -2.08. The quantitative estimate of drug-likeness (QED) is 0.640. The van der Waals surface area contributed by atoms with Crippen molar-refractivity contribution in [2.75, 3.05) is 20.2 Å². The number of rotatable bonds is 8. The number of nitrogens with zero attached hydrogens (tertiary/aromatic N) is 2. The molecule has 3 aromatic rings. The number of hydrogen-bond donors (Lipinski definition) is 2. The second kappa shape index (κ2) is 9.05. The number of aromatic nitrogens is 2. The fraction of sp³-hybridized carbons (Fsp3) is 0.263. The highest BCUT2D eigenvalue weighted by Gasteiger charge is 2.04. The van der Waals surface area contributed by atoms with E-state index in [4.69, 9.17) is 4.74 Å². The van der Waals surface area contributed by atoms with E-state index in [0.717, 1.165) is 28.3 Å². The molecule has 6 nitrogen and oxygen atoms in total. The SMILES string of the molecule is COc1ccc(CCNC(=O)NCCn2ccc(-c3cccs3)n2)cc1. The Labute approximate surface area is 156 Å². The Morgan fingerprint density at radius 1 is 1.15 bits per heavy atom. The van der Waals surface area contributed by atoms with Gasteiger partial charge in [0, 0.05) is 19.3 Å². The topological polar surface area (TPSA) is 68.2 Å². The molecule has 0 fully saturated rings. The molecular weight excluding hydrogens is 348 g/mol. The summed E-state index contributed by atoms with van der Waals surface area (Å²) in [5, 5.41) is 12.3. The Balaban J connectivity index is 1.34. The first kappa shape index (κ1) is 18.0. The number of carbonyl (C=O) groups excluding carboxylic acids is 1. The van der Waals surface area contributed by atoms with E-state index in [1.54, 1.807) is 18.4 Å². The van der Waals surface area contributed by atoms with Gasteiger partial charge >= 0.3 is 6.03 Å². The van der Waals surface area contributed by atoms with Crippen LogP contribution in [0.3, 0.4) is 0 Å². The average molecular weight is 370 g/mol. The van der Waals surface area contributed by atoms with E-state index >= 15 is 0 Å². The maximum Gasteiger partial charge on any atom is 0.314 e. The van der Waals surface area contributed by atoms with E-state index < -0.39 is 0 Å². The van der Waals surface area contributed by atoms with Crippen molar-refractivity contribution in [1.82, 2.24) is 20.4 Å². The first-order valence-corrected chi connectivity index (χ1v) is 9.34. The van der Waals surface area contributed by atoms with Gasteiger partial charge in [-0.15, -0.1) is 11.3 Å². The number of thiophene rings is 1. The summed E-state index contributed by atoms with van der Waals surface area (Å²) < 4.78 is 6.97. The highest BCUT2D eigenvalue weighted by atomic mass is 32.1. The van der Waals surface area contributed by atoms with Crippen LogP contribution in [-0.2, 0) is 13.0 Å². The first-order chi connectivity index (χ1) is 12.7. The zero-order chi connectivity index (χ0) is 18.2. The molecule has 0 atom stereocenters. The van der Waals surface area contributed by atoms with Crippen molar-refractivity contribution in [2.45, 2.75) is 13.0 Å². The van der Waals surface area contributed by atoms with E-state index in [2.05, 4.69) is 15.7 Å². The number of nitrogens with one attached hydrogen (secondary N) is 2. The van der Waals surface area contributed by atoms with Gasteiger partial charge in [0.25, 0.3) is 0 Å². The second-order valence-corrected chi connectivity index (χ2v) is 6.67. The van der Waals surface area contributed by atoms with Crippen LogP contribution in [0, 0.1) is 0 Å². The smallest absolute Gasteiger partial charge is 0.314 e. The number of urea groups is 1. The molecular formula is C19H22N4O2S. The van der Waals surface area contributed by atoms with Crippen molar-refractivity contribution >= 4 is 17.4 Å². The summed E-state index contributed by atoms with van der Waals surface area (Å²) >= 11 is 1.66. The lowest BCUT2D eigenvalue weighted by atomic mass is 10.1. The van der Waals surface area contributed by atoms with Crippen molar-refractivity contribution in [1.29, 1.82) is 0 Å². The number of ether oxygens (including phenoxy) is 1. The van der Waals surface area contributed by atoms with Gasteiger partial charge in [0.15, 0.2) is 0 Å². The van der Waals surface area contributed by atoms with E-state index in [9.17, 15) is 4.79 Å². The zero-order valence-corrected chi connectivity index (χ0v) is 15.5. The summed E-state index contributed by atoms with van der Waals surface area (Å²) in [6.45, 7) is 1.75. The minimum absolute atomic E-state index is 0.163. The Bertz CT molecular complexity index is 812. The lowest BCUT2D eigenvalue weighted by molar-refractivity contribution is 0.240. The third kappa shape index (κ3) is 5.10. The van der Waals surface area contributed by atoms with Crippen LogP contribution >= 0.6 is 11.3 Å². The molecule has 2 amide bonds. The first-order valence-electron chi connectivity index (χ1n) is 8.46. The predicted molar refractivity (Wildman–Crippen MR) is 104 cm³/mol. The lowest BCUT2D eigenvalue weighted by Crippen LogP contribution is -2.38. The van der Waals surface area contributed by atoms with Gasteiger partial charge in [-0.05, 0) is 41.6 Å². The molecule has 2 heterocycles. The molecule has 3 rings (SSSR count). The minimum Gasteiger partial charge on any atom is -0.497 e. The van der Waals surface area contributed by atoms with Gasteiger partial charge in [-0.2, -0.15) is 5.10 Å². The molecule has 0 aliphatic rings. The highest BCUT2D eigenvalue weighted by Crippen LogP contribution is 2.22. The van der Waals surface area contributed by atoms with Crippen LogP contribution in [0.2, 0.25) is 0 Å². The molecule has 0 saturated heterocycles. The molecule has 0 radical (unpaired) electrons. The maximum absolute atomic E-state index is 11.8. The second-order valence-electron chi connectivity index (χ2n) is 5.72. The van der Waals surface area contributed by atoms with E-state index in [1.807, 2.05) is 58.7 Å². The Morgan fingerprint density at radius 3 is 2.69 bits per heavy atom. The van der Waals surface area contributed by atoms with Gasteiger partial charge in [-0.1, -0.05) is 18.2 Å². The van der Waals surface area contributed by atoms with Crippen LogP contribution in [0.25, 0.3) is 10.6 Å². The van der Waals surface area contributed by atoms with Gasteiger partial charge in [0.2, 0.25) is 0 Å². The number of carbonyl (C=O) groups is 1. The summed E-state index contributed by atoms with van der Waals surface area (Å²) in [4.78, 5) is 13.0. The van der Waals surface area contributed by atoms with Crippen LogP contribution in [0.4, 0.5) is 4.79 Å². The van der Waals surface area contributed by atoms with Crippen molar-refractivity contribution < 1.29 is 9.53 Å². The Kier molecular flexibility index (Phi) is 6.27. The van der Waals surface area contributed by atoms with Gasteiger partial charge < -0.3 is 15.4 Å². The van der Waals surface area contributed by atoms with Gasteiger partial charge in [-0.3, -0.25) is 4.68 Å². The average Bonchev–Trinajstić information content (AvgIpc) is 3.34. The zero-order valence-electron chi connectivity index (χ0n) is 14.6. The van der Waals surface area contributed by atoms with Crippen molar-refractivity contribution in [2.24, 2.45) is 0 Å². The molecule has 7 heteroatoms. The third-order valence-corrected chi connectivity index (χ3v) is 4.79. The largest absolute Gasteiger partial charge is 0.497 e. The van der Waals surface area contributed by atoms with E-state index in [-0.39, 0.29) is 6.03 Å². The molecule has 2 N–H and O–H groups in total. The van der Waals surface area contributed by atoms with Gasteiger partial charge in [0.1, 0.15) is 11.4 Å². The van der Waals surface area contributed by atoms with Crippen LogP contribution < -0.4 is 15.4 Å². The summed E-state index contributed by atoms with van der Waals surface area (Å²) in [5.41, 5.74) is 2.12. The molecule has 2 aromatic heterocycles. The summed E-state index contributed by atoms with van der Waals surface area (Å²) in [6, 6.07) is 13.7. The van der Waals surface area contributed by atoms with Crippen molar-refractivity contribution in [3.8, 4) is 16.3 Å². The number of amides is 2. The van der Waals surface area contributed by atoms with Crippen LogP contribution in [0.5, 0.6) is 5.75 Å². The fourth-order valence-electron chi connectivity index (χ4n) is 2.50. The number of benzene rings is 1. The standard InChI is InChI=1S/C19H22N4O2S/c1-25-16-6-4-15(5-7-16)8-10-20-19(24)21-11-13-23-12-9-17(22-23)18-3-2-14-26-18/h2-7,9,12,14H,8,10-11,13H2,1H3,(H2,20,21,24). The molecule has 26 heavy (non-hydrogen) atoms. The molecule has 1 aromatic carbocycles. The van der Waals surface area contributed by atoms with Crippen molar-refractivity contribution in [3.63, 3.8) is 0 Å². The summed E-state index contributed by atoms with van der Waals surface area (Å²) in [6.07, 6.45) is 2.71. The molecule has 136 valence electrons. The van der Waals surface area contributed by atoms with Crippen LogP contribution in [0.1, 0.15) is 5.56 Å². The normalized spacial score (nSPS) is 10.5. The molecule has 0 aliphatic carbocycles. The number of methoxy groups -OCH3 is 1. The van der Waals surface area contributed by atoms with Gasteiger partial charge in [-0.25, -0.2) is 4.79 Å². The molecule has 0 spiro atoms. The van der Waals surface area contributed by atoms with Crippen LogP contribution in [-0.4, -0.2) is 36.0 Å². The molecule has 0 saturated carbocycles. The fourth-order valence-corrected chi connectivity index (χ4v) is 3.19. The molecule has 0 aliphatic heterocycles. The summed E-state index contributed by atoms with van der Waals surface area (Å²) in [7, 11) is 1.65. The van der Waals surface area contributed by atoms with Crippen LogP contribution in [0.15, 0.2) is 54.0 Å². The highest BCUT2D eigenvalue weighted by molar-refractivity contribution is 7.13. The molecule has 0 bridgehead atoms. The predicted octanol–water partition coefficient (Wildman–Crippen LogP) is 3.16. The van der Waals surface area contributed by atoms with Gasteiger partial charge in [0.05, 0.1) is 18.5 Å². The number of hydrogen-bond acceptors (Lipinski definition) is 4. The van der Waals surface area contributed by atoms with Crippen molar-refractivity contribution in [3.05, 3.63) is 59.6 Å². The van der Waals surface area contributed by atoms with E-state index in [1.165, 1.54) is 0 Å². The molecule has 0 unspecified atom stereocenters. The Morgan fingerprint density at radius 2 is 1.96 bits per heavy atom. The third-order valence-electron chi connectivity index (χ3n) is 3.90. The maximum atomic E-state index is 11.8. The Hall–Kier alpha value is -2.80. The van der Waals surface area contributed by atoms with E-state index in [0.29, 0.717) is 19.6 Å².